The van der Waals surface area contributed by atoms with Gasteiger partial charge in [0.2, 0.25) is 0 Å². The molecule has 4 fully saturated rings. The number of hydrogen-bond donors (Lipinski definition) is 3. The van der Waals surface area contributed by atoms with Gasteiger partial charge in [0.1, 0.15) is 11.2 Å². The van der Waals surface area contributed by atoms with E-state index >= 15 is 0 Å². The van der Waals surface area contributed by atoms with Gasteiger partial charge in [-0.1, -0.05) is 224 Å². The monoisotopic (exact) mass is 1330 g/mol. The summed E-state index contributed by atoms with van der Waals surface area (Å²) in [5.41, 5.74) is 5.99. The Bertz CT molecular complexity index is 4130. The summed E-state index contributed by atoms with van der Waals surface area (Å²) in [5, 5.41) is 27.1. The number of hydrogen-bond acceptors (Lipinski definition) is 13. The van der Waals surface area contributed by atoms with Crippen molar-refractivity contribution in [1.82, 2.24) is 10.2 Å². The van der Waals surface area contributed by atoms with Crippen LogP contribution in [0.5, 0.6) is 0 Å². The molecular formula is C79H86N2O11S3. The van der Waals surface area contributed by atoms with E-state index in [0.717, 1.165) is 109 Å². The number of rotatable bonds is 22. The maximum absolute atomic E-state index is 13.1. The van der Waals surface area contributed by atoms with Crippen LogP contribution in [0.2, 0.25) is 0 Å². The van der Waals surface area contributed by atoms with Gasteiger partial charge in [-0.2, -0.15) is 8.42 Å². The smallest absolute Gasteiger partial charge is 0.296 e. The van der Waals surface area contributed by atoms with E-state index in [1.807, 2.05) is 159 Å². The summed E-state index contributed by atoms with van der Waals surface area (Å²) in [7, 11) is -10.7. The quantitative estimate of drug-likeness (QED) is 0.0545. The van der Waals surface area contributed by atoms with Gasteiger partial charge in [-0.25, -0.2) is 16.8 Å². The van der Waals surface area contributed by atoms with Crippen molar-refractivity contribution in [1.29, 1.82) is 0 Å². The molecule has 9 aromatic rings. The number of nitrogens with zero attached hydrogens (tertiary/aromatic N) is 1. The molecule has 4 aliphatic rings. The normalized spacial score (nSPS) is 17.0. The predicted octanol–water partition coefficient (Wildman–Crippen LogP) is 12.2. The first-order chi connectivity index (χ1) is 45.9. The minimum atomic E-state index is -3.80. The van der Waals surface area contributed by atoms with Crippen molar-refractivity contribution >= 4 is 29.8 Å². The molecule has 95 heavy (non-hydrogen) atoms. The van der Waals surface area contributed by atoms with E-state index < -0.39 is 51.8 Å². The fourth-order valence-corrected chi connectivity index (χ4v) is 18.3. The average Bonchev–Trinajstić information content (AvgIpc) is 0.785. The van der Waals surface area contributed by atoms with E-state index in [4.69, 9.17) is 13.7 Å². The molecule has 13 rings (SSSR count). The first kappa shape index (κ1) is 68.9. The van der Waals surface area contributed by atoms with E-state index in [1.165, 1.54) is 17.7 Å². The lowest BCUT2D eigenvalue weighted by Crippen LogP contribution is -2.51. The van der Waals surface area contributed by atoms with Gasteiger partial charge in [0.15, 0.2) is 19.7 Å². The summed E-state index contributed by atoms with van der Waals surface area (Å²) < 4.78 is 92.9. The molecule has 0 radical (unpaired) electrons. The third-order valence-electron chi connectivity index (χ3n) is 19.4. The van der Waals surface area contributed by atoms with Crippen molar-refractivity contribution in [3.63, 3.8) is 0 Å². The molecule has 16 heteroatoms. The zero-order chi connectivity index (χ0) is 66.4. The van der Waals surface area contributed by atoms with Gasteiger partial charge in [-0.15, -0.1) is 0 Å². The van der Waals surface area contributed by atoms with Gasteiger partial charge in [0, 0.05) is 6.54 Å². The summed E-state index contributed by atoms with van der Waals surface area (Å²) in [6.07, 6.45) is 5.20. The van der Waals surface area contributed by atoms with E-state index in [9.17, 15) is 35.5 Å². The van der Waals surface area contributed by atoms with E-state index in [-0.39, 0.29) is 34.8 Å². The first-order valence-electron chi connectivity index (χ1n) is 32.9. The van der Waals surface area contributed by atoms with Gasteiger partial charge >= 0.3 is 0 Å². The van der Waals surface area contributed by atoms with E-state index in [0.29, 0.717) is 42.6 Å². The molecule has 4 saturated heterocycles. The van der Waals surface area contributed by atoms with Crippen molar-refractivity contribution in [2.24, 2.45) is 11.8 Å². The predicted molar refractivity (Wildman–Crippen MR) is 373 cm³/mol. The number of aryl methyl sites for hydroxylation is 1. The maximum Gasteiger partial charge on any atom is 0.296 e. The first-order valence-corrected chi connectivity index (χ1v) is 37.6. The number of likely N-dealkylation sites (tertiary alicyclic amines) is 1. The fourth-order valence-electron chi connectivity index (χ4n) is 13.8. The molecule has 0 aromatic heterocycles. The highest BCUT2D eigenvalue weighted by Gasteiger charge is 2.47. The zero-order valence-corrected chi connectivity index (χ0v) is 56.3. The van der Waals surface area contributed by atoms with Crippen molar-refractivity contribution in [3.8, 4) is 0 Å². The lowest BCUT2D eigenvalue weighted by Gasteiger charge is -2.42. The third kappa shape index (κ3) is 16.3. The van der Waals surface area contributed by atoms with Crippen molar-refractivity contribution < 1.29 is 49.1 Å². The largest absolute Gasteiger partial charge is 0.380 e. The number of sulfone groups is 2. The van der Waals surface area contributed by atoms with Gasteiger partial charge in [-0.05, 0) is 164 Å². The molecule has 4 heterocycles. The highest BCUT2D eigenvalue weighted by molar-refractivity contribution is 7.91. The number of aliphatic hydroxyl groups is 2. The summed E-state index contributed by atoms with van der Waals surface area (Å²) in [6.45, 7) is 8.25. The van der Waals surface area contributed by atoms with Crippen molar-refractivity contribution in [3.05, 3.63) is 305 Å². The molecule has 0 unspecified atom stereocenters. The van der Waals surface area contributed by atoms with Crippen LogP contribution in [-0.4, -0.2) is 118 Å². The van der Waals surface area contributed by atoms with Gasteiger partial charge in [-0.3, -0.25) is 4.18 Å². The molecule has 0 spiro atoms. The van der Waals surface area contributed by atoms with Crippen LogP contribution >= 0.6 is 0 Å². The van der Waals surface area contributed by atoms with Gasteiger partial charge in [0.05, 0.1) is 70.1 Å². The van der Waals surface area contributed by atoms with Crippen LogP contribution in [0.1, 0.15) is 75.8 Å². The van der Waals surface area contributed by atoms with E-state index in [1.54, 1.807) is 66.7 Å². The van der Waals surface area contributed by atoms with Gasteiger partial charge in [0.25, 0.3) is 10.1 Å². The number of piperidine rings is 2. The topological polar surface area (TPSA) is 186 Å². The second kappa shape index (κ2) is 30.7. The van der Waals surface area contributed by atoms with Crippen molar-refractivity contribution in [2.45, 2.75) is 82.2 Å². The molecule has 9 aromatic carbocycles. The minimum absolute atomic E-state index is 0.0200. The SMILES string of the molecule is Cc1ccc(S(=O)(=O)OCCc2ccc(C3(CS(=O)(=O)c4ccccc4)COC3)cc2)cc1.O=S(=O)(CC1(c2ccc(CCN3CCC(C(O)(c4ccccc4)c4ccccc4)CC3)cc2)COC1)c1ccccc1.OC(c1ccccc1)(c1ccccc1)C1CCNCC1. The van der Waals surface area contributed by atoms with Crippen LogP contribution in [0.4, 0.5) is 0 Å². The molecular weight excluding hydrogens is 1250 g/mol. The van der Waals surface area contributed by atoms with Crippen LogP contribution in [0.25, 0.3) is 0 Å². The lowest BCUT2D eigenvalue weighted by molar-refractivity contribution is -0.0481. The van der Waals surface area contributed by atoms with Crippen LogP contribution < -0.4 is 5.32 Å². The second-order valence-electron chi connectivity index (χ2n) is 25.8. The standard InChI is InChI=1S/C36H39NO4S.C25H26O6S2.C18H21NO/c38-36(31-10-4-1-5-11-31,32-12-6-2-7-13-32)33-21-24-37(25-22-33)23-20-29-16-18-30(19-17-29)35(26-41-27-35)28-42(39,40)34-14-8-3-9-15-34;1-20-7-13-24(14-8-20)33(28,29)31-16-15-21-9-11-22(12-10-21)25(17-30-18-25)19-32(26,27)23-5-3-2-4-6-23;20-18(15-7-3-1-4-8-15,16-9-5-2-6-10-16)17-11-13-19-14-12-17/h1-19,33,38H,20-28H2;2-14H,15-19H2,1H3;1-10,17,19-20H,11-14H2. The summed E-state index contributed by atoms with van der Waals surface area (Å²) >= 11 is 0. The van der Waals surface area contributed by atoms with Gasteiger partial charge < -0.3 is 29.9 Å². The molecule has 0 amide bonds. The molecule has 3 N–H and O–H groups in total. The summed E-state index contributed by atoms with van der Waals surface area (Å²) in [4.78, 5) is 3.30. The second-order valence-corrected chi connectivity index (χ2v) is 31.4. The molecule has 4 aliphatic heterocycles. The van der Waals surface area contributed by atoms with Crippen LogP contribution in [0.15, 0.2) is 269 Å². The molecule has 13 nitrogen and oxygen atoms in total. The Labute approximate surface area is 561 Å². The Morgan fingerprint density at radius 1 is 0.442 bits per heavy atom. The zero-order valence-electron chi connectivity index (χ0n) is 53.9. The van der Waals surface area contributed by atoms with Crippen LogP contribution in [0, 0.1) is 18.8 Å². The highest BCUT2D eigenvalue weighted by atomic mass is 32.2. The molecule has 0 saturated carbocycles. The molecule has 0 bridgehead atoms. The van der Waals surface area contributed by atoms with E-state index in [2.05, 4.69) is 34.5 Å². The Morgan fingerprint density at radius 2 is 0.789 bits per heavy atom. The summed E-state index contributed by atoms with van der Waals surface area (Å²) in [5.74, 6) is 0.428. The molecule has 496 valence electrons. The molecule has 0 aliphatic carbocycles. The Kier molecular flexibility index (Phi) is 22.3. The number of nitrogens with one attached hydrogen (secondary N) is 1. The Morgan fingerprint density at radius 3 is 1.15 bits per heavy atom. The van der Waals surface area contributed by atoms with Crippen molar-refractivity contribution in [2.75, 3.05) is 77.3 Å². The molecule has 0 atom stereocenters. The highest BCUT2D eigenvalue weighted by Crippen LogP contribution is 2.44. The van der Waals surface area contributed by atoms with Crippen LogP contribution in [-0.2, 0) is 78.3 Å². The number of benzene rings is 9. The lowest BCUT2D eigenvalue weighted by atomic mass is 9.72. The Balaban J connectivity index is 0.000000154. The number of ether oxygens (including phenoxy) is 2. The summed E-state index contributed by atoms with van der Waals surface area (Å²) in [6, 6.07) is 80.0. The third-order valence-corrected chi connectivity index (χ3v) is 24.6. The maximum atomic E-state index is 13.1. The minimum Gasteiger partial charge on any atom is -0.380 e. The Hall–Kier alpha value is -7.45. The van der Waals surface area contributed by atoms with Crippen LogP contribution in [0.3, 0.4) is 0 Å². The fraction of sp³-hybridized carbons (Fsp3) is 0.316. The average molecular weight is 1340 g/mol.